The largest absolute Gasteiger partial charge is 0.341 e. The van der Waals surface area contributed by atoms with Gasteiger partial charge in [-0.1, -0.05) is 115 Å². The second kappa shape index (κ2) is 16.6. The summed E-state index contributed by atoms with van der Waals surface area (Å²) in [5.41, 5.74) is 2.44. The van der Waals surface area contributed by atoms with E-state index in [4.69, 9.17) is 12.2 Å². The van der Waals surface area contributed by atoms with Crippen LogP contribution in [0.4, 0.5) is 5.69 Å². The van der Waals surface area contributed by atoms with Crippen LogP contribution >= 0.6 is 24.8 Å². The van der Waals surface area contributed by atoms with Gasteiger partial charge in [-0.2, -0.15) is 0 Å². The van der Waals surface area contributed by atoms with Crippen LogP contribution in [0.3, 0.4) is 0 Å². The number of benzene rings is 1. The smallest absolute Gasteiger partial charge is 0.135 e. The Hall–Kier alpha value is -0.540. The molecule has 26 heavy (non-hydrogen) atoms. The second-order valence-electron chi connectivity index (χ2n) is 7.47. The van der Waals surface area contributed by atoms with Crippen molar-refractivity contribution >= 4 is 34.9 Å². The number of aryl methyl sites for hydroxylation is 1. The van der Waals surface area contributed by atoms with Gasteiger partial charge in [0.1, 0.15) is 4.32 Å². The number of thiol groups is 1. The Morgan fingerprint density at radius 1 is 0.731 bits per heavy atom. The third-order valence-electron chi connectivity index (χ3n) is 5.02. The molecule has 1 N–H and O–H groups in total. The molecule has 0 saturated heterocycles. The molecule has 0 amide bonds. The van der Waals surface area contributed by atoms with E-state index < -0.39 is 0 Å². The fraction of sp³-hybridized carbons (Fsp3) is 0.696. The number of unbranched alkanes of at least 4 members (excludes halogenated alkanes) is 13. The van der Waals surface area contributed by atoms with E-state index in [-0.39, 0.29) is 0 Å². The molecular formula is C23H39NS2. The highest BCUT2D eigenvalue weighted by molar-refractivity contribution is 8.11. The standard InChI is InChI=1S/C23H39NS2/c1-2-3-4-5-6-7-8-9-10-11-12-13-14-15-16-21-17-19-22(20-18-21)24-23(25)26/h17-20H,2-16H2,1H3,(H2,24,25,26). The molecule has 148 valence electrons. The monoisotopic (exact) mass is 393 g/mol. The van der Waals surface area contributed by atoms with E-state index in [1.807, 2.05) is 0 Å². The molecular weight excluding hydrogens is 354 g/mol. The van der Waals surface area contributed by atoms with E-state index in [2.05, 4.69) is 49.1 Å². The Morgan fingerprint density at radius 2 is 1.15 bits per heavy atom. The average molecular weight is 394 g/mol. The van der Waals surface area contributed by atoms with Crippen molar-refractivity contribution < 1.29 is 0 Å². The predicted octanol–water partition coefficient (Wildman–Crippen LogP) is 8.34. The van der Waals surface area contributed by atoms with Gasteiger partial charge in [0.15, 0.2) is 0 Å². The van der Waals surface area contributed by atoms with Crippen LogP contribution in [0.15, 0.2) is 24.3 Å². The van der Waals surface area contributed by atoms with E-state index in [1.165, 1.54) is 102 Å². The predicted molar refractivity (Wildman–Crippen MR) is 126 cm³/mol. The van der Waals surface area contributed by atoms with E-state index in [0.29, 0.717) is 4.32 Å². The zero-order valence-corrected chi connectivity index (χ0v) is 18.5. The van der Waals surface area contributed by atoms with E-state index >= 15 is 0 Å². The van der Waals surface area contributed by atoms with Gasteiger partial charge >= 0.3 is 0 Å². The summed E-state index contributed by atoms with van der Waals surface area (Å²) in [5.74, 6) is 0. The van der Waals surface area contributed by atoms with Crippen LogP contribution in [0.2, 0.25) is 0 Å². The number of nitrogens with one attached hydrogen (secondary N) is 1. The summed E-state index contributed by atoms with van der Waals surface area (Å²) in [4.78, 5) is 0. The molecule has 0 unspecified atom stereocenters. The van der Waals surface area contributed by atoms with Crippen molar-refractivity contribution in [2.24, 2.45) is 0 Å². The summed E-state index contributed by atoms with van der Waals surface area (Å²) in [6.45, 7) is 2.29. The highest BCUT2D eigenvalue weighted by atomic mass is 32.1. The molecule has 0 radical (unpaired) electrons. The quantitative estimate of drug-likeness (QED) is 0.166. The van der Waals surface area contributed by atoms with Crippen LogP contribution < -0.4 is 5.32 Å². The Balaban J connectivity index is 1.87. The highest BCUT2D eigenvalue weighted by Gasteiger charge is 1.97. The average Bonchev–Trinajstić information content (AvgIpc) is 2.63. The summed E-state index contributed by atoms with van der Waals surface area (Å²) in [6.07, 6.45) is 21.0. The Labute approximate surface area is 173 Å². The van der Waals surface area contributed by atoms with Gasteiger partial charge in [0.25, 0.3) is 0 Å². The summed E-state index contributed by atoms with van der Waals surface area (Å²) >= 11 is 9.02. The third kappa shape index (κ3) is 13.6. The molecule has 0 fully saturated rings. The maximum Gasteiger partial charge on any atom is 0.135 e. The fourth-order valence-corrected chi connectivity index (χ4v) is 3.65. The van der Waals surface area contributed by atoms with Crippen LogP contribution in [0.5, 0.6) is 0 Å². The molecule has 0 aromatic heterocycles. The molecule has 0 spiro atoms. The van der Waals surface area contributed by atoms with Gasteiger partial charge in [0.05, 0.1) is 0 Å². The Morgan fingerprint density at radius 3 is 1.58 bits per heavy atom. The van der Waals surface area contributed by atoms with Crippen molar-refractivity contribution in [2.75, 3.05) is 5.32 Å². The Bertz CT molecular complexity index is 456. The number of rotatable bonds is 16. The lowest BCUT2D eigenvalue weighted by Crippen LogP contribution is -2.00. The van der Waals surface area contributed by atoms with E-state index in [1.54, 1.807) is 0 Å². The lowest BCUT2D eigenvalue weighted by atomic mass is 10.0. The van der Waals surface area contributed by atoms with Gasteiger partial charge in [0, 0.05) is 5.69 Å². The molecule has 1 nitrogen and oxygen atoms in total. The molecule has 0 heterocycles. The Kier molecular flexibility index (Phi) is 15.0. The minimum absolute atomic E-state index is 0.518. The fourth-order valence-electron chi connectivity index (χ4n) is 3.40. The molecule has 0 aliphatic heterocycles. The molecule has 0 saturated carbocycles. The van der Waals surface area contributed by atoms with Gasteiger partial charge in [-0.3, -0.25) is 0 Å². The van der Waals surface area contributed by atoms with Crippen LogP contribution in [-0.4, -0.2) is 4.32 Å². The lowest BCUT2D eigenvalue weighted by molar-refractivity contribution is 0.535. The van der Waals surface area contributed by atoms with Gasteiger partial charge in [-0.25, -0.2) is 0 Å². The van der Waals surface area contributed by atoms with Crippen LogP contribution in [-0.2, 0) is 6.42 Å². The van der Waals surface area contributed by atoms with Crippen molar-refractivity contribution in [1.82, 2.24) is 0 Å². The molecule has 1 rings (SSSR count). The maximum absolute atomic E-state index is 4.93. The lowest BCUT2D eigenvalue weighted by Gasteiger charge is -2.06. The topological polar surface area (TPSA) is 12.0 Å². The summed E-state index contributed by atoms with van der Waals surface area (Å²) in [5, 5.41) is 3.05. The van der Waals surface area contributed by atoms with Crippen molar-refractivity contribution in [3.63, 3.8) is 0 Å². The molecule has 0 bridgehead atoms. The molecule has 0 aliphatic rings. The van der Waals surface area contributed by atoms with Crippen LogP contribution in [0.25, 0.3) is 0 Å². The first-order chi connectivity index (χ1) is 12.7. The number of hydrogen-bond acceptors (Lipinski definition) is 1. The van der Waals surface area contributed by atoms with Crippen LogP contribution in [0.1, 0.15) is 102 Å². The molecule has 3 heteroatoms. The van der Waals surface area contributed by atoms with Crippen molar-refractivity contribution in [3.8, 4) is 0 Å². The summed E-state index contributed by atoms with van der Waals surface area (Å²) in [7, 11) is 0. The summed E-state index contributed by atoms with van der Waals surface area (Å²) < 4.78 is 0.518. The zero-order chi connectivity index (χ0) is 18.9. The summed E-state index contributed by atoms with van der Waals surface area (Å²) in [6, 6.07) is 8.55. The number of thiocarbonyl (C=S) groups is 1. The highest BCUT2D eigenvalue weighted by Crippen LogP contribution is 2.15. The van der Waals surface area contributed by atoms with Gasteiger partial charge < -0.3 is 5.32 Å². The first-order valence-electron chi connectivity index (χ1n) is 10.8. The second-order valence-corrected chi connectivity index (χ2v) is 8.63. The normalized spacial score (nSPS) is 10.8. The third-order valence-corrected chi connectivity index (χ3v) is 5.24. The van der Waals surface area contributed by atoms with Gasteiger partial charge in [-0.15, -0.1) is 12.6 Å². The molecule has 0 atom stereocenters. The first kappa shape index (κ1) is 23.5. The zero-order valence-electron chi connectivity index (χ0n) is 16.8. The molecule has 0 aliphatic carbocycles. The van der Waals surface area contributed by atoms with Crippen molar-refractivity contribution in [1.29, 1.82) is 0 Å². The van der Waals surface area contributed by atoms with E-state index in [0.717, 1.165) is 5.69 Å². The SMILES string of the molecule is CCCCCCCCCCCCCCCCc1ccc(NC(=S)S)cc1. The molecule has 1 aromatic carbocycles. The molecule has 1 aromatic rings. The maximum atomic E-state index is 4.93. The van der Waals surface area contributed by atoms with Gasteiger partial charge in [-0.05, 0) is 30.5 Å². The first-order valence-corrected chi connectivity index (χ1v) is 11.7. The van der Waals surface area contributed by atoms with Crippen LogP contribution in [0, 0.1) is 0 Å². The number of anilines is 1. The van der Waals surface area contributed by atoms with Crippen molar-refractivity contribution in [3.05, 3.63) is 29.8 Å². The van der Waals surface area contributed by atoms with Crippen molar-refractivity contribution in [2.45, 2.75) is 103 Å². The minimum atomic E-state index is 0.518. The minimum Gasteiger partial charge on any atom is -0.341 e. The number of hydrogen-bond donors (Lipinski definition) is 2. The van der Waals surface area contributed by atoms with E-state index in [9.17, 15) is 0 Å². The van der Waals surface area contributed by atoms with Gasteiger partial charge in [0.2, 0.25) is 0 Å².